The first-order valence-corrected chi connectivity index (χ1v) is 9.82. The third kappa shape index (κ3) is 3.82. The molecule has 0 spiro atoms. The zero-order valence-corrected chi connectivity index (χ0v) is 16.5. The van der Waals surface area contributed by atoms with Gasteiger partial charge in [0.05, 0.1) is 17.1 Å². The van der Waals surface area contributed by atoms with Crippen molar-refractivity contribution in [2.24, 2.45) is 7.05 Å². The third-order valence-electron chi connectivity index (χ3n) is 4.86. The van der Waals surface area contributed by atoms with Gasteiger partial charge in [-0.3, -0.25) is 9.48 Å². The Morgan fingerprint density at radius 1 is 1.27 bits per heavy atom. The Morgan fingerprint density at radius 2 is 2.00 bits per heavy atom. The maximum Gasteiger partial charge on any atom is 0.349 e. The molecule has 140 valence electrons. The Kier molecular flexibility index (Phi) is 5.46. The van der Waals surface area contributed by atoms with Crippen LogP contribution in [-0.2, 0) is 29.4 Å². The number of hydrogen-bond donors (Lipinski definition) is 1. The number of rotatable bonds is 4. The lowest BCUT2D eigenvalue weighted by Crippen LogP contribution is -2.30. The van der Waals surface area contributed by atoms with Crippen molar-refractivity contribution in [1.29, 1.82) is 0 Å². The molecular formula is C19H25N3O3S. The summed E-state index contributed by atoms with van der Waals surface area (Å²) >= 11 is 1.50. The van der Waals surface area contributed by atoms with Crippen LogP contribution < -0.4 is 5.32 Å². The van der Waals surface area contributed by atoms with Gasteiger partial charge in [-0.25, -0.2) is 4.79 Å². The fraction of sp³-hybridized carbons (Fsp3) is 0.526. The molecule has 3 rings (SSSR count). The van der Waals surface area contributed by atoms with E-state index in [0.717, 1.165) is 24.2 Å². The molecule has 2 aromatic rings. The first-order valence-electron chi connectivity index (χ1n) is 9.00. The minimum Gasteiger partial charge on any atom is -0.448 e. The van der Waals surface area contributed by atoms with Crippen LogP contribution in [0.3, 0.4) is 0 Å². The molecule has 0 saturated heterocycles. The second-order valence-electron chi connectivity index (χ2n) is 6.83. The number of amides is 1. The largest absolute Gasteiger partial charge is 0.448 e. The number of hydrogen-bond acceptors (Lipinski definition) is 5. The first kappa shape index (κ1) is 18.6. The second-order valence-corrected chi connectivity index (χ2v) is 7.96. The zero-order chi connectivity index (χ0) is 18.8. The molecule has 1 atom stereocenters. The van der Waals surface area contributed by atoms with Gasteiger partial charge in [-0.05, 0) is 58.1 Å². The Hall–Kier alpha value is -2.15. The number of esters is 1. The second kappa shape index (κ2) is 7.61. The highest BCUT2D eigenvalue weighted by Crippen LogP contribution is 2.29. The van der Waals surface area contributed by atoms with Gasteiger partial charge in [0.1, 0.15) is 4.88 Å². The van der Waals surface area contributed by atoms with Gasteiger partial charge in [-0.2, -0.15) is 5.10 Å². The monoisotopic (exact) mass is 375 g/mol. The van der Waals surface area contributed by atoms with Gasteiger partial charge in [0.15, 0.2) is 6.10 Å². The third-order valence-corrected chi connectivity index (χ3v) is 6.08. The van der Waals surface area contributed by atoms with Gasteiger partial charge in [-0.1, -0.05) is 6.42 Å². The lowest BCUT2D eigenvalue weighted by atomic mass is 10.1. The van der Waals surface area contributed by atoms with Crippen molar-refractivity contribution in [3.8, 4) is 0 Å². The number of nitrogens with one attached hydrogen (secondary N) is 1. The summed E-state index contributed by atoms with van der Waals surface area (Å²) in [6, 6.07) is 1.94. The molecule has 1 N–H and O–H groups in total. The van der Waals surface area contributed by atoms with E-state index in [2.05, 4.69) is 10.4 Å². The van der Waals surface area contributed by atoms with Crippen molar-refractivity contribution in [3.05, 3.63) is 32.8 Å². The van der Waals surface area contributed by atoms with Crippen molar-refractivity contribution in [1.82, 2.24) is 9.78 Å². The lowest BCUT2D eigenvalue weighted by molar-refractivity contribution is -0.123. The molecule has 1 amide bonds. The molecule has 0 bridgehead atoms. The fourth-order valence-corrected chi connectivity index (χ4v) is 4.36. The Labute approximate surface area is 157 Å². The molecule has 1 aliphatic rings. The normalized spacial score (nSPS) is 15.1. The number of carbonyl (C=O) groups excluding carboxylic acids is 2. The summed E-state index contributed by atoms with van der Waals surface area (Å²) < 4.78 is 7.11. The van der Waals surface area contributed by atoms with E-state index in [4.69, 9.17) is 4.74 Å². The molecule has 7 heteroatoms. The molecule has 0 fully saturated rings. The number of thiophene rings is 1. The van der Waals surface area contributed by atoms with Crippen LogP contribution in [0.4, 0.5) is 5.69 Å². The van der Waals surface area contributed by atoms with Crippen LogP contribution in [0.25, 0.3) is 0 Å². The first-order chi connectivity index (χ1) is 12.4. The molecule has 1 aliphatic carbocycles. The molecule has 26 heavy (non-hydrogen) atoms. The maximum atomic E-state index is 12.4. The van der Waals surface area contributed by atoms with Gasteiger partial charge < -0.3 is 10.1 Å². The van der Waals surface area contributed by atoms with Crippen molar-refractivity contribution < 1.29 is 14.3 Å². The van der Waals surface area contributed by atoms with E-state index in [1.807, 2.05) is 27.0 Å². The summed E-state index contributed by atoms with van der Waals surface area (Å²) in [6.07, 6.45) is 4.76. The Morgan fingerprint density at radius 3 is 2.69 bits per heavy atom. The summed E-state index contributed by atoms with van der Waals surface area (Å²) in [6.45, 7) is 5.30. The van der Waals surface area contributed by atoms with E-state index in [0.29, 0.717) is 10.6 Å². The number of aromatic nitrogens is 2. The summed E-state index contributed by atoms with van der Waals surface area (Å²) in [5.74, 6) is -0.777. The van der Waals surface area contributed by atoms with Gasteiger partial charge in [-0.15, -0.1) is 11.3 Å². The average Bonchev–Trinajstić information content (AvgIpc) is 3.01. The minimum absolute atomic E-state index is 0.351. The van der Waals surface area contributed by atoms with Crippen molar-refractivity contribution in [2.75, 3.05) is 5.32 Å². The Bertz CT molecular complexity index is 814. The summed E-state index contributed by atoms with van der Waals surface area (Å²) in [7, 11) is 1.82. The van der Waals surface area contributed by atoms with E-state index in [1.54, 1.807) is 11.6 Å². The van der Waals surface area contributed by atoms with Crippen LogP contribution in [0.2, 0.25) is 0 Å². The molecule has 0 aromatic carbocycles. The number of carbonyl (C=O) groups is 2. The van der Waals surface area contributed by atoms with Crippen LogP contribution in [0.5, 0.6) is 0 Å². The van der Waals surface area contributed by atoms with E-state index in [9.17, 15) is 9.59 Å². The van der Waals surface area contributed by atoms with Crippen LogP contribution in [0.1, 0.15) is 57.7 Å². The standard InChI is InChI=1S/C19H25N3O3S/c1-11-17(12(2)22(4)21-11)20-18(23)13(3)25-19(24)16-10-14-8-6-5-7-9-15(14)26-16/h10,13H,5-9H2,1-4H3,(H,20,23)/t13-/m1/s1. The van der Waals surface area contributed by atoms with Gasteiger partial charge >= 0.3 is 5.97 Å². The number of anilines is 1. The summed E-state index contributed by atoms with van der Waals surface area (Å²) in [4.78, 5) is 26.7. The average molecular weight is 375 g/mol. The minimum atomic E-state index is -0.872. The lowest BCUT2D eigenvalue weighted by Gasteiger charge is -2.13. The molecule has 2 heterocycles. The van der Waals surface area contributed by atoms with Crippen LogP contribution in [0, 0.1) is 13.8 Å². The predicted octanol–water partition coefficient (Wildman–Crippen LogP) is 3.55. The van der Waals surface area contributed by atoms with Crippen molar-refractivity contribution in [3.63, 3.8) is 0 Å². The molecule has 6 nitrogen and oxygen atoms in total. The molecule has 0 radical (unpaired) electrons. The number of fused-ring (bicyclic) bond motifs is 1. The molecule has 0 unspecified atom stereocenters. The van der Waals surface area contributed by atoms with Crippen molar-refractivity contribution >= 4 is 28.9 Å². The molecule has 0 aliphatic heterocycles. The molecular weight excluding hydrogens is 350 g/mol. The smallest absolute Gasteiger partial charge is 0.349 e. The van der Waals surface area contributed by atoms with E-state index in [1.165, 1.54) is 41.0 Å². The van der Waals surface area contributed by atoms with Gasteiger partial charge in [0, 0.05) is 11.9 Å². The highest BCUT2D eigenvalue weighted by molar-refractivity contribution is 7.14. The summed E-state index contributed by atoms with van der Waals surface area (Å²) in [5, 5.41) is 7.09. The maximum absolute atomic E-state index is 12.4. The van der Waals surface area contributed by atoms with E-state index >= 15 is 0 Å². The van der Waals surface area contributed by atoms with Gasteiger partial charge in [0.2, 0.25) is 0 Å². The molecule has 0 saturated carbocycles. The summed E-state index contributed by atoms with van der Waals surface area (Å²) in [5.41, 5.74) is 3.52. The highest BCUT2D eigenvalue weighted by atomic mass is 32.1. The fourth-order valence-electron chi connectivity index (χ4n) is 3.22. The van der Waals surface area contributed by atoms with E-state index in [-0.39, 0.29) is 5.91 Å². The predicted molar refractivity (Wildman–Crippen MR) is 102 cm³/mol. The van der Waals surface area contributed by atoms with Crippen LogP contribution in [0.15, 0.2) is 6.07 Å². The number of aryl methyl sites for hydroxylation is 4. The van der Waals surface area contributed by atoms with E-state index < -0.39 is 12.1 Å². The van der Waals surface area contributed by atoms with Crippen LogP contribution >= 0.6 is 11.3 Å². The number of ether oxygens (including phenoxy) is 1. The zero-order valence-electron chi connectivity index (χ0n) is 15.7. The SMILES string of the molecule is Cc1nn(C)c(C)c1NC(=O)[C@@H](C)OC(=O)c1cc2c(s1)CCCCC2. The topological polar surface area (TPSA) is 73.2 Å². The Balaban J connectivity index is 1.64. The van der Waals surface area contributed by atoms with Gasteiger partial charge in [0.25, 0.3) is 5.91 Å². The highest BCUT2D eigenvalue weighted by Gasteiger charge is 2.23. The molecule has 2 aromatic heterocycles. The van der Waals surface area contributed by atoms with Crippen molar-refractivity contribution in [2.45, 2.75) is 59.0 Å². The number of nitrogens with zero attached hydrogens (tertiary/aromatic N) is 2. The van der Waals surface area contributed by atoms with Crippen LogP contribution in [-0.4, -0.2) is 27.8 Å². The quantitative estimate of drug-likeness (QED) is 0.655.